The molecule has 3 aromatic rings. The van der Waals surface area contributed by atoms with Crippen LogP contribution < -0.4 is 10.2 Å². The number of benzene rings is 1. The van der Waals surface area contributed by atoms with Crippen molar-refractivity contribution in [2.75, 3.05) is 49.5 Å². The molecule has 28 heavy (non-hydrogen) atoms. The molecule has 2 aromatic heterocycles. The Kier molecular flexibility index (Phi) is 5.15. The molecule has 0 saturated carbocycles. The third-order valence-electron chi connectivity index (χ3n) is 5.29. The molecule has 0 spiro atoms. The van der Waals surface area contributed by atoms with Gasteiger partial charge in [-0.2, -0.15) is 15.1 Å². The fourth-order valence-electron chi connectivity index (χ4n) is 3.64. The number of piperazine rings is 1. The summed E-state index contributed by atoms with van der Waals surface area (Å²) in [5.41, 5.74) is 4.26. The Labute approximate surface area is 164 Å². The van der Waals surface area contributed by atoms with E-state index in [1.54, 1.807) is 4.68 Å². The van der Waals surface area contributed by atoms with Crippen molar-refractivity contribution in [3.63, 3.8) is 0 Å². The number of anilines is 3. The number of β-amino-alcohol motifs (C(OH)–C–C–N with tert-alkyl or cyclic N) is 1. The Balaban J connectivity index is 1.66. The summed E-state index contributed by atoms with van der Waals surface area (Å²) in [5.74, 6) is 1.49. The predicted molar refractivity (Wildman–Crippen MR) is 111 cm³/mol. The monoisotopic (exact) mass is 381 g/mol. The lowest BCUT2D eigenvalue weighted by Gasteiger charge is -2.34. The van der Waals surface area contributed by atoms with Crippen molar-refractivity contribution in [2.24, 2.45) is 7.05 Å². The third kappa shape index (κ3) is 3.65. The van der Waals surface area contributed by atoms with Gasteiger partial charge in [-0.05, 0) is 25.5 Å². The van der Waals surface area contributed by atoms with E-state index in [9.17, 15) is 0 Å². The van der Waals surface area contributed by atoms with Crippen molar-refractivity contribution in [2.45, 2.75) is 13.8 Å². The van der Waals surface area contributed by atoms with Gasteiger partial charge in [0, 0.05) is 45.5 Å². The first-order valence-corrected chi connectivity index (χ1v) is 9.67. The van der Waals surface area contributed by atoms with Crippen molar-refractivity contribution >= 4 is 28.5 Å². The van der Waals surface area contributed by atoms with Crippen LogP contribution in [0.4, 0.5) is 17.5 Å². The number of aryl methyl sites for hydroxylation is 3. The van der Waals surface area contributed by atoms with E-state index >= 15 is 0 Å². The second-order valence-corrected chi connectivity index (χ2v) is 7.37. The zero-order valence-electron chi connectivity index (χ0n) is 16.7. The minimum atomic E-state index is 0.196. The molecule has 0 atom stereocenters. The standard InChI is InChI=1S/C20H27N7O/c1-14-4-5-17(15(2)12-14)22-18-16-13-21-25(3)19(16)24-20(23-18)27-8-6-26(7-9-27)10-11-28/h4-5,12-13,28H,6-11H2,1-3H3,(H,22,23,24). The highest BCUT2D eigenvalue weighted by Gasteiger charge is 2.21. The van der Waals surface area contributed by atoms with Gasteiger partial charge in [-0.15, -0.1) is 0 Å². The van der Waals surface area contributed by atoms with Crippen LogP contribution in [0.3, 0.4) is 0 Å². The molecule has 0 bridgehead atoms. The number of aliphatic hydroxyl groups is 1. The Hall–Kier alpha value is -2.71. The molecule has 3 heterocycles. The lowest BCUT2D eigenvalue weighted by Crippen LogP contribution is -2.47. The van der Waals surface area contributed by atoms with E-state index in [1.165, 1.54) is 11.1 Å². The van der Waals surface area contributed by atoms with Gasteiger partial charge in [0.15, 0.2) is 5.65 Å². The van der Waals surface area contributed by atoms with Gasteiger partial charge in [0.2, 0.25) is 5.95 Å². The van der Waals surface area contributed by atoms with Crippen LogP contribution in [-0.2, 0) is 7.05 Å². The molecule has 1 aromatic carbocycles. The quantitative estimate of drug-likeness (QED) is 0.698. The molecule has 1 aliphatic rings. The molecule has 0 amide bonds. The maximum Gasteiger partial charge on any atom is 0.229 e. The first kappa shape index (κ1) is 18.6. The van der Waals surface area contributed by atoms with E-state index in [-0.39, 0.29) is 6.61 Å². The molecule has 8 heteroatoms. The van der Waals surface area contributed by atoms with E-state index in [0.29, 0.717) is 5.95 Å². The first-order chi connectivity index (χ1) is 13.5. The van der Waals surface area contributed by atoms with Crippen molar-refractivity contribution in [1.82, 2.24) is 24.6 Å². The summed E-state index contributed by atoms with van der Waals surface area (Å²) in [4.78, 5) is 14.1. The SMILES string of the molecule is Cc1ccc(Nc2nc(N3CCN(CCO)CC3)nc3c2cnn3C)c(C)c1. The number of nitrogens with one attached hydrogen (secondary N) is 1. The zero-order chi connectivity index (χ0) is 19.7. The van der Waals surface area contributed by atoms with Crippen LogP contribution in [0.15, 0.2) is 24.4 Å². The maximum atomic E-state index is 9.14. The van der Waals surface area contributed by atoms with Gasteiger partial charge in [-0.25, -0.2) is 0 Å². The molecule has 148 valence electrons. The minimum Gasteiger partial charge on any atom is -0.395 e. The van der Waals surface area contributed by atoms with E-state index < -0.39 is 0 Å². The Morgan fingerprint density at radius 1 is 1.11 bits per heavy atom. The van der Waals surface area contributed by atoms with Gasteiger partial charge in [0.1, 0.15) is 5.82 Å². The Morgan fingerprint density at radius 2 is 1.89 bits per heavy atom. The molecular weight excluding hydrogens is 354 g/mol. The second kappa shape index (κ2) is 7.73. The van der Waals surface area contributed by atoms with Crippen LogP contribution in [0.25, 0.3) is 11.0 Å². The Morgan fingerprint density at radius 3 is 2.61 bits per heavy atom. The van der Waals surface area contributed by atoms with E-state index in [1.807, 2.05) is 13.2 Å². The third-order valence-corrected chi connectivity index (χ3v) is 5.29. The highest BCUT2D eigenvalue weighted by Crippen LogP contribution is 2.28. The summed E-state index contributed by atoms with van der Waals surface area (Å²) in [6, 6.07) is 6.34. The van der Waals surface area contributed by atoms with Crippen LogP contribution in [0.1, 0.15) is 11.1 Å². The molecule has 1 saturated heterocycles. The zero-order valence-corrected chi connectivity index (χ0v) is 16.7. The molecule has 1 fully saturated rings. The van der Waals surface area contributed by atoms with Crippen molar-refractivity contribution in [3.8, 4) is 0 Å². The largest absolute Gasteiger partial charge is 0.395 e. The average molecular weight is 381 g/mol. The van der Waals surface area contributed by atoms with E-state index in [2.05, 4.69) is 52.3 Å². The van der Waals surface area contributed by atoms with Crippen LogP contribution in [0, 0.1) is 13.8 Å². The highest BCUT2D eigenvalue weighted by atomic mass is 16.3. The van der Waals surface area contributed by atoms with Gasteiger partial charge in [-0.1, -0.05) is 17.7 Å². The van der Waals surface area contributed by atoms with Crippen LogP contribution >= 0.6 is 0 Å². The van der Waals surface area contributed by atoms with Crippen molar-refractivity contribution in [3.05, 3.63) is 35.5 Å². The maximum absolute atomic E-state index is 9.14. The molecule has 0 unspecified atom stereocenters. The molecule has 0 radical (unpaired) electrons. The van der Waals surface area contributed by atoms with Gasteiger partial charge in [-0.3, -0.25) is 9.58 Å². The molecule has 8 nitrogen and oxygen atoms in total. The fourth-order valence-corrected chi connectivity index (χ4v) is 3.64. The first-order valence-electron chi connectivity index (χ1n) is 9.67. The van der Waals surface area contributed by atoms with Gasteiger partial charge in [0.05, 0.1) is 18.2 Å². The molecule has 0 aliphatic carbocycles. The second-order valence-electron chi connectivity index (χ2n) is 7.37. The van der Waals surface area contributed by atoms with Crippen LogP contribution in [0.5, 0.6) is 0 Å². The van der Waals surface area contributed by atoms with Gasteiger partial charge in [0.25, 0.3) is 0 Å². The molecule has 2 N–H and O–H groups in total. The summed E-state index contributed by atoms with van der Waals surface area (Å²) in [6.45, 7) is 8.57. The van der Waals surface area contributed by atoms with E-state index in [0.717, 1.165) is 55.3 Å². The average Bonchev–Trinajstić information content (AvgIpc) is 3.06. The number of fused-ring (bicyclic) bond motifs is 1. The topological polar surface area (TPSA) is 82.3 Å². The van der Waals surface area contributed by atoms with Crippen LogP contribution in [-0.4, -0.2) is 69.1 Å². The molecular formula is C20H27N7O. The van der Waals surface area contributed by atoms with Gasteiger partial charge < -0.3 is 15.3 Å². The van der Waals surface area contributed by atoms with Gasteiger partial charge >= 0.3 is 0 Å². The number of hydrogen-bond acceptors (Lipinski definition) is 7. The predicted octanol–water partition coefficient (Wildman–Crippen LogP) is 1.84. The number of aromatic nitrogens is 4. The summed E-state index contributed by atoms with van der Waals surface area (Å²) >= 11 is 0. The number of nitrogens with zero attached hydrogens (tertiary/aromatic N) is 6. The minimum absolute atomic E-state index is 0.196. The summed E-state index contributed by atoms with van der Waals surface area (Å²) < 4.78 is 1.79. The molecule has 4 rings (SSSR count). The number of rotatable bonds is 5. The fraction of sp³-hybridized carbons (Fsp3) is 0.450. The lowest BCUT2D eigenvalue weighted by molar-refractivity contribution is 0.188. The summed E-state index contributed by atoms with van der Waals surface area (Å²) in [6.07, 6.45) is 1.81. The molecule has 1 aliphatic heterocycles. The van der Waals surface area contributed by atoms with Crippen molar-refractivity contribution < 1.29 is 5.11 Å². The Bertz CT molecular complexity index is 976. The normalized spacial score (nSPS) is 15.4. The number of hydrogen-bond donors (Lipinski definition) is 2. The van der Waals surface area contributed by atoms with Crippen LogP contribution in [0.2, 0.25) is 0 Å². The smallest absolute Gasteiger partial charge is 0.229 e. The van der Waals surface area contributed by atoms with E-state index in [4.69, 9.17) is 15.1 Å². The lowest BCUT2D eigenvalue weighted by atomic mass is 10.1. The van der Waals surface area contributed by atoms with Crippen molar-refractivity contribution in [1.29, 1.82) is 0 Å². The number of aliphatic hydroxyl groups excluding tert-OH is 1. The highest BCUT2D eigenvalue weighted by molar-refractivity contribution is 5.89. The summed E-state index contributed by atoms with van der Waals surface area (Å²) in [7, 11) is 1.90. The summed E-state index contributed by atoms with van der Waals surface area (Å²) in [5, 5.41) is 17.9.